The molecule has 156 valence electrons. The van der Waals surface area contributed by atoms with E-state index in [0.717, 1.165) is 25.1 Å². The monoisotopic (exact) mass is 407 g/mol. The van der Waals surface area contributed by atoms with Crippen molar-refractivity contribution in [1.82, 2.24) is 0 Å². The number of hydrogen-bond acceptors (Lipinski definition) is 2. The highest BCUT2D eigenvalue weighted by atomic mass is 28.4. The molecule has 1 aliphatic rings. The fraction of sp³-hybridized carbons (Fsp3) is 0.462. The predicted molar refractivity (Wildman–Crippen MR) is 129 cm³/mol. The van der Waals surface area contributed by atoms with Crippen molar-refractivity contribution >= 4 is 19.6 Å². The van der Waals surface area contributed by atoms with Gasteiger partial charge in [0.2, 0.25) is 0 Å². The molecule has 1 aliphatic carbocycles. The second-order valence-electron chi connectivity index (χ2n) is 10.1. The van der Waals surface area contributed by atoms with Crippen molar-refractivity contribution in [3.8, 4) is 0 Å². The molecule has 0 aromatic heterocycles. The molecule has 0 amide bonds. The summed E-state index contributed by atoms with van der Waals surface area (Å²) >= 11 is 0. The summed E-state index contributed by atoms with van der Waals surface area (Å²) in [5, 5.41) is 4.10. The van der Waals surface area contributed by atoms with E-state index in [4.69, 9.17) is 4.43 Å². The van der Waals surface area contributed by atoms with Crippen LogP contribution in [-0.2, 0) is 9.96 Å². The third-order valence-corrected chi connectivity index (χ3v) is 11.6. The Labute approximate surface area is 178 Å². The van der Waals surface area contributed by atoms with Crippen LogP contribution >= 0.6 is 0 Å². The molecule has 2 nitrogen and oxygen atoms in total. The van der Waals surface area contributed by atoms with Crippen molar-refractivity contribution < 1.29 is 4.43 Å². The number of nitrogens with one attached hydrogen (secondary N) is 1. The Hall–Kier alpha value is -1.84. The van der Waals surface area contributed by atoms with Crippen LogP contribution in [0.3, 0.4) is 0 Å². The molecule has 1 N–H and O–H groups in total. The number of fused-ring (bicyclic) bond motifs is 1. The van der Waals surface area contributed by atoms with Crippen molar-refractivity contribution in [3.63, 3.8) is 0 Å². The topological polar surface area (TPSA) is 21.3 Å². The number of rotatable bonds is 7. The van der Waals surface area contributed by atoms with Crippen LogP contribution in [0.25, 0.3) is 5.57 Å². The molecule has 3 rings (SSSR count). The van der Waals surface area contributed by atoms with Crippen LogP contribution in [0.4, 0.5) is 5.69 Å². The van der Waals surface area contributed by atoms with Gasteiger partial charge in [-0.1, -0.05) is 69.8 Å². The van der Waals surface area contributed by atoms with Gasteiger partial charge in [-0.25, -0.2) is 0 Å². The Bertz CT molecular complexity index is 853. The minimum Gasteiger partial charge on any atom is -0.417 e. The number of benzene rings is 2. The van der Waals surface area contributed by atoms with E-state index in [0.29, 0.717) is 5.92 Å². The molecule has 0 saturated carbocycles. The maximum atomic E-state index is 6.44. The lowest BCUT2D eigenvalue weighted by Crippen LogP contribution is -2.41. The van der Waals surface area contributed by atoms with Gasteiger partial charge in [0.1, 0.15) is 0 Å². The second kappa shape index (κ2) is 8.12. The molecule has 0 spiro atoms. The number of hydrogen-bond donors (Lipinski definition) is 1. The first-order chi connectivity index (χ1) is 13.6. The Morgan fingerprint density at radius 1 is 1.03 bits per heavy atom. The molecule has 0 bridgehead atoms. The van der Waals surface area contributed by atoms with E-state index in [9.17, 15) is 0 Å². The highest BCUT2D eigenvalue weighted by molar-refractivity contribution is 6.74. The first kappa shape index (κ1) is 21.9. The summed E-state index contributed by atoms with van der Waals surface area (Å²) in [5.41, 5.74) is 4.89. The summed E-state index contributed by atoms with van der Waals surface area (Å²) in [7, 11) is -1.70. The van der Waals surface area contributed by atoms with E-state index < -0.39 is 8.32 Å². The SMILES string of the molecule is C=C1c2ccccc2[C@@](C)(Nc2ccccc2)[C@H]1CCCO[Si](C)(C)C(C)(C)C. The molecular weight excluding hydrogens is 370 g/mol. The Balaban J connectivity index is 1.77. The number of anilines is 1. The van der Waals surface area contributed by atoms with Gasteiger partial charge in [-0.3, -0.25) is 0 Å². The lowest BCUT2D eigenvalue weighted by Gasteiger charge is -2.37. The van der Waals surface area contributed by atoms with Gasteiger partial charge in [-0.15, -0.1) is 0 Å². The number of para-hydroxylation sites is 1. The van der Waals surface area contributed by atoms with Gasteiger partial charge in [-0.05, 0) is 66.7 Å². The molecule has 29 heavy (non-hydrogen) atoms. The van der Waals surface area contributed by atoms with Crippen molar-refractivity contribution in [1.29, 1.82) is 0 Å². The summed E-state index contributed by atoms with van der Waals surface area (Å²) in [6.07, 6.45) is 2.12. The van der Waals surface area contributed by atoms with Gasteiger partial charge >= 0.3 is 0 Å². The van der Waals surface area contributed by atoms with Crippen LogP contribution in [0, 0.1) is 5.92 Å². The summed E-state index contributed by atoms with van der Waals surface area (Å²) in [6, 6.07) is 19.3. The van der Waals surface area contributed by atoms with Crippen LogP contribution in [0.15, 0.2) is 61.2 Å². The van der Waals surface area contributed by atoms with E-state index in [1.54, 1.807) is 0 Å². The van der Waals surface area contributed by atoms with Crippen LogP contribution < -0.4 is 5.32 Å². The van der Waals surface area contributed by atoms with E-state index in [1.165, 1.54) is 16.7 Å². The average molecular weight is 408 g/mol. The fourth-order valence-electron chi connectivity index (χ4n) is 4.21. The highest BCUT2D eigenvalue weighted by Gasteiger charge is 2.45. The molecule has 0 fully saturated rings. The zero-order chi connectivity index (χ0) is 21.3. The van der Waals surface area contributed by atoms with Gasteiger partial charge in [0.25, 0.3) is 0 Å². The van der Waals surface area contributed by atoms with Crippen LogP contribution in [0.2, 0.25) is 18.1 Å². The smallest absolute Gasteiger partial charge is 0.191 e. The average Bonchev–Trinajstić information content (AvgIpc) is 2.87. The van der Waals surface area contributed by atoms with Crippen molar-refractivity contribution in [2.75, 3.05) is 11.9 Å². The summed E-state index contributed by atoms with van der Waals surface area (Å²) in [4.78, 5) is 0. The van der Waals surface area contributed by atoms with E-state index in [1.807, 2.05) is 0 Å². The van der Waals surface area contributed by atoms with Crippen LogP contribution in [0.5, 0.6) is 0 Å². The first-order valence-corrected chi connectivity index (χ1v) is 13.7. The predicted octanol–water partition coefficient (Wildman–Crippen LogP) is 7.46. The van der Waals surface area contributed by atoms with Crippen molar-refractivity contribution in [2.45, 2.75) is 64.2 Å². The molecule has 0 heterocycles. The van der Waals surface area contributed by atoms with Gasteiger partial charge < -0.3 is 9.74 Å². The molecule has 0 unspecified atom stereocenters. The molecule has 2 aromatic rings. The van der Waals surface area contributed by atoms with Crippen molar-refractivity contribution in [3.05, 3.63) is 72.3 Å². The van der Waals surface area contributed by atoms with Crippen LogP contribution in [0.1, 0.15) is 51.7 Å². The van der Waals surface area contributed by atoms with Gasteiger partial charge in [0.05, 0.1) is 5.54 Å². The van der Waals surface area contributed by atoms with Crippen LogP contribution in [-0.4, -0.2) is 14.9 Å². The molecule has 3 heteroatoms. The molecule has 0 radical (unpaired) electrons. The largest absolute Gasteiger partial charge is 0.417 e. The quantitative estimate of drug-likeness (QED) is 0.380. The Morgan fingerprint density at radius 3 is 2.31 bits per heavy atom. The first-order valence-electron chi connectivity index (χ1n) is 10.8. The Morgan fingerprint density at radius 2 is 1.66 bits per heavy atom. The van der Waals surface area contributed by atoms with Gasteiger partial charge in [0.15, 0.2) is 8.32 Å². The lowest BCUT2D eigenvalue weighted by molar-refractivity contribution is 0.264. The van der Waals surface area contributed by atoms with Crippen molar-refractivity contribution in [2.24, 2.45) is 5.92 Å². The molecule has 2 atom stereocenters. The van der Waals surface area contributed by atoms with Gasteiger partial charge in [-0.2, -0.15) is 0 Å². The summed E-state index contributed by atoms with van der Waals surface area (Å²) in [6.45, 7) is 19.2. The highest BCUT2D eigenvalue weighted by Crippen LogP contribution is 2.51. The molecular formula is C26H37NOSi. The van der Waals surface area contributed by atoms with Gasteiger partial charge in [0, 0.05) is 18.2 Å². The molecule has 2 aromatic carbocycles. The zero-order valence-corrected chi connectivity index (χ0v) is 20.0. The third kappa shape index (κ3) is 4.36. The normalized spacial score (nSPS) is 21.9. The summed E-state index contributed by atoms with van der Waals surface area (Å²) in [5.74, 6) is 0.350. The summed E-state index contributed by atoms with van der Waals surface area (Å²) < 4.78 is 6.44. The van der Waals surface area contributed by atoms with E-state index in [2.05, 4.69) is 107 Å². The second-order valence-corrected chi connectivity index (χ2v) is 14.9. The molecule has 0 saturated heterocycles. The zero-order valence-electron chi connectivity index (χ0n) is 19.0. The standard InChI is InChI=1S/C26H37NOSi/c1-20-22-16-11-12-17-24(22)26(5,27-21-14-9-8-10-15-21)23(20)18-13-19-28-29(6,7)25(2,3)4/h8-12,14-17,23,27H,1,13,18-19H2,2-7H3/t23-,26-/m0/s1. The maximum Gasteiger partial charge on any atom is 0.191 e. The Kier molecular flexibility index (Phi) is 6.12. The lowest BCUT2D eigenvalue weighted by atomic mass is 9.81. The fourth-order valence-corrected chi connectivity index (χ4v) is 5.30. The minimum atomic E-state index is -1.70. The van der Waals surface area contributed by atoms with E-state index in [-0.39, 0.29) is 10.6 Å². The van der Waals surface area contributed by atoms with E-state index >= 15 is 0 Å². The minimum absolute atomic E-state index is 0.161. The third-order valence-electron chi connectivity index (χ3n) is 7.03. The molecule has 0 aliphatic heterocycles. The maximum absolute atomic E-state index is 6.44.